The molecule has 0 saturated carbocycles. The highest BCUT2D eigenvalue weighted by Gasteiger charge is 2.20. The fourth-order valence-electron chi connectivity index (χ4n) is 2.91. The average Bonchev–Trinajstić information content (AvgIpc) is 2.49. The Labute approximate surface area is 129 Å². The lowest BCUT2D eigenvalue weighted by atomic mass is 9.89. The van der Waals surface area contributed by atoms with Gasteiger partial charge >= 0.3 is 0 Å². The molecule has 0 atom stereocenters. The largest absolute Gasteiger partial charge is 0.297 e. The van der Waals surface area contributed by atoms with Crippen molar-refractivity contribution in [2.75, 3.05) is 13.1 Å². The molecule has 3 rings (SSSR count). The quantitative estimate of drug-likeness (QED) is 0.837. The van der Waals surface area contributed by atoms with Gasteiger partial charge in [-0.3, -0.25) is 9.88 Å². The highest BCUT2D eigenvalue weighted by Crippen LogP contribution is 2.29. The minimum Gasteiger partial charge on any atom is -0.297 e. The minimum absolute atomic E-state index is 0.701. The molecule has 1 saturated heterocycles. The number of aromatic nitrogens is 1. The zero-order valence-corrected chi connectivity index (χ0v) is 13.1. The van der Waals surface area contributed by atoms with Crippen molar-refractivity contribution >= 4 is 15.9 Å². The molecular formula is C17H19BrN2. The first-order chi connectivity index (χ1) is 9.81. The molecule has 2 nitrogen and oxygen atoms in total. The van der Waals surface area contributed by atoms with Gasteiger partial charge < -0.3 is 0 Å². The fraction of sp³-hybridized carbons (Fsp3) is 0.353. The van der Waals surface area contributed by atoms with E-state index in [1.54, 1.807) is 0 Å². The monoisotopic (exact) mass is 330 g/mol. The summed E-state index contributed by atoms with van der Waals surface area (Å²) < 4.78 is 1.19. The van der Waals surface area contributed by atoms with Gasteiger partial charge in [-0.05, 0) is 61.7 Å². The molecule has 1 fully saturated rings. The first-order valence-corrected chi connectivity index (χ1v) is 7.98. The first kappa shape index (κ1) is 13.8. The van der Waals surface area contributed by atoms with Crippen molar-refractivity contribution in [3.05, 3.63) is 64.4 Å². The normalized spacial score (nSPS) is 17.2. The third-order valence-corrected chi connectivity index (χ3v) is 4.51. The van der Waals surface area contributed by atoms with E-state index in [-0.39, 0.29) is 0 Å². The van der Waals surface area contributed by atoms with Gasteiger partial charge in [0.25, 0.3) is 0 Å². The average molecular weight is 331 g/mol. The van der Waals surface area contributed by atoms with E-state index in [1.165, 1.54) is 28.6 Å². The molecule has 1 aliphatic heterocycles. The maximum absolute atomic E-state index is 4.41. The molecule has 1 aliphatic rings. The van der Waals surface area contributed by atoms with E-state index in [0.717, 1.165) is 19.6 Å². The van der Waals surface area contributed by atoms with Gasteiger partial charge in [-0.2, -0.15) is 0 Å². The summed E-state index contributed by atoms with van der Waals surface area (Å²) in [6.07, 6.45) is 4.36. The second kappa shape index (κ2) is 6.51. The Balaban J connectivity index is 1.57. The van der Waals surface area contributed by atoms with E-state index >= 15 is 0 Å². The fourth-order valence-corrected chi connectivity index (χ4v) is 3.32. The molecule has 104 valence electrons. The number of piperidine rings is 1. The van der Waals surface area contributed by atoms with Crippen LogP contribution in [0.4, 0.5) is 0 Å². The molecule has 0 bridgehead atoms. The van der Waals surface area contributed by atoms with Crippen molar-refractivity contribution in [1.29, 1.82) is 0 Å². The smallest absolute Gasteiger partial charge is 0.0543 e. The third-order valence-electron chi connectivity index (χ3n) is 4.02. The molecule has 2 aromatic rings. The molecule has 1 aromatic heterocycles. The Bertz CT molecular complexity index is 548. The standard InChI is InChI=1S/C17H19BrN2/c18-16-5-3-4-15(12-16)14-7-10-20(11-8-14)13-17-6-1-2-9-19-17/h1-6,9,12,14H,7-8,10-11,13H2. The van der Waals surface area contributed by atoms with Crippen molar-refractivity contribution in [2.45, 2.75) is 25.3 Å². The van der Waals surface area contributed by atoms with Crippen molar-refractivity contribution < 1.29 is 0 Å². The molecule has 0 spiro atoms. The lowest BCUT2D eigenvalue weighted by molar-refractivity contribution is 0.202. The molecule has 0 radical (unpaired) electrons. The van der Waals surface area contributed by atoms with Gasteiger partial charge in [0.1, 0.15) is 0 Å². The topological polar surface area (TPSA) is 16.1 Å². The molecule has 2 heterocycles. The Hall–Kier alpha value is -1.19. The second-order valence-electron chi connectivity index (χ2n) is 5.43. The number of pyridine rings is 1. The number of likely N-dealkylation sites (tertiary alicyclic amines) is 1. The van der Waals surface area contributed by atoms with Crippen LogP contribution in [-0.2, 0) is 6.54 Å². The predicted octanol–water partition coefficient (Wildman–Crippen LogP) is 4.22. The number of hydrogen-bond acceptors (Lipinski definition) is 2. The zero-order valence-electron chi connectivity index (χ0n) is 11.5. The van der Waals surface area contributed by atoms with Crippen molar-refractivity contribution in [2.24, 2.45) is 0 Å². The highest BCUT2D eigenvalue weighted by molar-refractivity contribution is 9.10. The van der Waals surface area contributed by atoms with E-state index < -0.39 is 0 Å². The van der Waals surface area contributed by atoms with Crippen LogP contribution in [0.5, 0.6) is 0 Å². The van der Waals surface area contributed by atoms with Crippen LogP contribution in [0.2, 0.25) is 0 Å². The maximum Gasteiger partial charge on any atom is 0.0543 e. The molecule has 3 heteroatoms. The molecule has 0 unspecified atom stereocenters. The summed E-state index contributed by atoms with van der Waals surface area (Å²) in [6, 6.07) is 14.9. The van der Waals surface area contributed by atoms with Crippen LogP contribution < -0.4 is 0 Å². The number of hydrogen-bond donors (Lipinski definition) is 0. The van der Waals surface area contributed by atoms with Crippen molar-refractivity contribution in [3.8, 4) is 0 Å². The van der Waals surface area contributed by atoms with Crippen LogP contribution in [-0.4, -0.2) is 23.0 Å². The molecule has 0 aliphatic carbocycles. The first-order valence-electron chi connectivity index (χ1n) is 7.19. The van der Waals surface area contributed by atoms with Crippen LogP contribution in [0.1, 0.15) is 30.0 Å². The van der Waals surface area contributed by atoms with Gasteiger partial charge in [-0.1, -0.05) is 34.1 Å². The van der Waals surface area contributed by atoms with Gasteiger partial charge in [0.2, 0.25) is 0 Å². The summed E-state index contributed by atoms with van der Waals surface area (Å²) in [4.78, 5) is 6.92. The summed E-state index contributed by atoms with van der Waals surface area (Å²) in [5, 5.41) is 0. The van der Waals surface area contributed by atoms with E-state index in [0.29, 0.717) is 5.92 Å². The Morgan fingerprint density at radius 3 is 2.65 bits per heavy atom. The van der Waals surface area contributed by atoms with Gasteiger partial charge in [0.05, 0.1) is 5.69 Å². The van der Waals surface area contributed by atoms with E-state index in [9.17, 15) is 0 Å². The van der Waals surface area contributed by atoms with Crippen LogP contribution in [0.15, 0.2) is 53.1 Å². The molecule has 0 amide bonds. The number of nitrogens with zero attached hydrogens (tertiary/aromatic N) is 2. The second-order valence-corrected chi connectivity index (χ2v) is 6.34. The third kappa shape index (κ3) is 3.47. The van der Waals surface area contributed by atoms with Crippen LogP contribution >= 0.6 is 15.9 Å². The van der Waals surface area contributed by atoms with Gasteiger partial charge in [0.15, 0.2) is 0 Å². The van der Waals surface area contributed by atoms with Crippen LogP contribution in [0.3, 0.4) is 0 Å². The maximum atomic E-state index is 4.41. The lowest BCUT2D eigenvalue weighted by Gasteiger charge is -2.32. The molecule has 0 N–H and O–H groups in total. The zero-order chi connectivity index (χ0) is 13.8. The van der Waals surface area contributed by atoms with Gasteiger partial charge in [-0.15, -0.1) is 0 Å². The summed E-state index contributed by atoms with van der Waals surface area (Å²) in [7, 11) is 0. The molecule has 1 aromatic carbocycles. The van der Waals surface area contributed by atoms with E-state index in [1.807, 2.05) is 12.3 Å². The summed E-state index contributed by atoms with van der Waals surface area (Å²) in [5.74, 6) is 0.701. The van der Waals surface area contributed by atoms with Crippen LogP contribution in [0, 0.1) is 0 Å². The Morgan fingerprint density at radius 2 is 1.95 bits per heavy atom. The van der Waals surface area contributed by atoms with E-state index in [4.69, 9.17) is 0 Å². The molecular weight excluding hydrogens is 312 g/mol. The minimum atomic E-state index is 0.701. The predicted molar refractivity (Wildman–Crippen MR) is 85.6 cm³/mol. The Kier molecular flexibility index (Phi) is 4.48. The van der Waals surface area contributed by atoms with Crippen LogP contribution in [0.25, 0.3) is 0 Å². The Morgan fingerprint density at radius 1 is 1.10 bits per heavy atom. The summed E-state index contributed by atoms with van der Waals surface area (Å²) in [6.45, 7) is 3.30. The highest BCUT2D eigenvalue weighted by atomic mass is 79.9. The van der Waals surface area contributed by atoms with Gasteiger partial charge in [0, 0.05) is 17.2 Å². The van der Waals surface area contributed by atoms with E-state index in [2.05, 4.69) is 62.2 Å². The van der Waals surface area contributed by atoms with Crippen molar-refractivity contribution in [3.63, 3.8) is 0 Å². The number of rotatable bonds is 3. The van der Waals surface area contributed by atoms with Gasteiger partial charge in [-0.25, -0.2) is 0 Å². The van der Waals surface area contributed by atoms with Crippen molar-refractivity contribution in [1.82, 2.24) is 9.88 Å². The SMILES string of the molecule is Brc1cccc(C2CCN(Cc3ccccn3)CC2)c1. The number of halogens is 1. The summed E-state index contributed by atoms with van der Waals surface area (Å²) in [5.41, 5.74) is 2.64. The molecule has 20 heavy (non-hydrogen) atoms. The lowest BCUT2D eigenvalue weighted by Crippen LogP contribution is -2.32. The number of benzene rings is 1. The summed E-state index contributed by atoms with van der Waals surface area (Å²) >= 11 is 3.57.